The second-order valence-electron chi connectivity index (χ2n) is 3.07. The van der Waals surface area contributed by atoms with E-state index in [4.69, 9.17) is 0 Å². The van der Waals surface area contributed by atoms with Crippen molar-refractivity contribution in [2.24, 2.45) is 0 Å². The Kier molecular flexibility index (Phi) is 4.87. The maximum absolute atomic E-state index is 11.7. The number of nitrogens with one attached hydrogen (secondary N) is 1. The molecule has 0 aliphatic rings. The van der Waals surface area contributed by atoms with Crippen LogP contribution in [0.25, 0.3) is 0 Å². The zero-order valence-corrected chi connectivity index (χ0v) is 8.87. The van der Waals surface area contributed by atoms with Crippen LogP contribution in [0.1, 0.15) is 26.2 Å². The van der Waals surface area contributed by atoms with Gasteiger partial charge < -0.3 is 0 Å². The Morgan fingerprint density at radius 3 is 2.21 bits per heavy atom. The van der Waals surface area contributed by atoms with E-state index in [1.165, 1.54) is 14.0 Å². The van der Waals surface area contributed by atoms with Gasteiger partial charge in [-0.3, -0.25) is 0 Å². The Morgan fingerprint density at radius 1 is 1.36 bits per heavy atom. The topological polar surface area (TPSA) is 46.2 Å². The van der Waals surface area contributed by atoms with Crippen LogP contribution in [0.3, 0.4) is 0 Å². The van der Waals surface area contributed by atoms with E-state index < -0.39 is 27.9 Å². The van der Waals surface area contributed by atoms with Gasteiger partial charge in [-0.15, -0.1) is 0 Å². The molecular weight excluding hydrogens is 219 g/mol. The van der Waals surface area contributed by atoms with E-state index in [2.05, 4.69) is 4.72 Å². The molecule has 0 aliphatic heterocycles. The number of rotatable bonds is 5. The number of alkyl halides is 3. The molecule has 0 heterocycles. The highest BCUT2D eigenvalue weighted by atomic mass is 32.2. The first-order valence-electron chi connectivity index (χ1n) is 4.18. The third-order valence-electron chi connectivity index (χ3n) is 1.89. The molecule has 0 radical (unpaired) electrons. The van der Waals surface area contributed by atoms with Gasteiger partial charge in [0.2, 0.25) is 10.0 Å². The molecule has 1 atom stereocenters. The Labute approximate surface area is 81.7 Å². The fraction of sp³-hybridized carbons (Fsp3) is 1.00. The van der Waals surface area contributed by atoms with Crippen LogP contribution in [0.15, 0.2) is 0 Å². The Balaban J connectivity index is 3.93. The van der Waals surface area contributed by atoms with Crippen molar-refractivity contribution in [2.45, 2.75) is 37.6 Å². The van der Waals surface area contributed by atoms with Crippen molar-refractivity contribution in [3.8, 4) is 0 Å². The zero-order chi connectivity index (χ0) is 11.4. The Morgan fingerprint density at radius 2 is 1.86 bits per heavy atom. The molecule has 0 spiro atoms. The lowest BCUT2D eigenvalue weighted by molar-refractivity contribution is -0.135. The van der Waals surface area contributed by atoms with Crippen molar-refractivity contribution in [2.75, 3.05) is 7.05 Å². The summed E-state index contributed by atoms with van der Waals surface area (Å²) in [6.45, 7) is 1.39. The average molecular weight is 233 g/mol. The standard InChI is InChI=1S/C7H14F3NO2S/c1-6(14(12,13)11-2)4-3-5-7(8,9)10/h6,11H,3-5H2,1-2H3. The SMILES string of the molecule is CNS(=O)(=O)C(C)CCCC(F)(F)F. The van der Waals surface area contributed by atoms with Crippen LogP contribution in [0, 0.1) is 0 Å². The largest absolute Gasteiger partial charge is 0.389 e. The highest BCUT2D eigenvalue weighted by Gasteiger charge is 2.27. The van der Waals surface area contributed by atoms with Gasteiger partial charge >= 0.3 is 6.18 Å². The highest BCUT2D eigenvalue weighted by Crippen LogP contribution is 2.23. The molecule has 0 aromatic carbocycles. The molecule has 0 saturated heterocycles. The predicted octanol–water partition coefficient (Wildman–Crippen LogP) is 1.66. The van der Waals surface area contributed by atoms with Gasteiger partial charge in [0.15, 0.2) is 0 Å². The first-order valence-corrected chi connectivity index (χ1v) is 5.73. The minimum absolute atomic E-state index is 0.0166. The number of sulfonamides is 1. The van der Waals surface area contributed by atoms with Crippen LogP contribution in [-0.4, -0.2) is 26.9 Å². The van der Waals surface area contributed by atoms with Gasteiger partial charge in [-0.2, -0.15) is 13.2 Å². The fourth-order valence-electron chi connectivity index (χ4n) is 0.946. The summed E-state index contributed by atoms with van der Waals surface area (Å²) in [4.78, 5) is 0. The summed E-state index contributed by atoms with van der Waals surface area (Å²) in [7, 11) is -2.19. The molecule has 0 aromatic heterocycles. The van der Waals surface area contributed by atoms with Crippen LogP contribution >= 0.6 is 0 Å². The smallest absolute Gasteiger partial charge is 0.218 e. The third-order valence-corrected chi connectivity index (χ3v) is 3.75. The first kappa shape index (κ1) is 13.7. The molecule has 3 nitrogen and oxygen atoms in total. The normalized spacial score (nSPS) is 15.5. The van der Waals surface area contributed by atoms with E-state index in [1.54, 1.807) is 0 Å². The lowest BCUT2D eigenvalue weighted by atomic mass is 10.2. The van der Waals surface area contributed by atoms with Crippen LogP contribution in [0.2, 0.25) is 0 Å². The van der Waals surface area contributed by atoms with Crippen LogP contribution in [-0.2, 0) is 10.0 Å². The summed E-state index contributed by atoms with van der Waals surface area (Å²) in [5.74, 6) is 0. The molecule has 0 saturated carbocycles. The number of hydrogen-bond acceptors (Lipinski definition) is 2. The van der Waals surface area contributed by atoms with Crippen molar-refractivity contribution >= 4 is 10.0 Å². The average Bonchev–Trinajstić information content (AvgIpc) is 2.02. The van der Waals surface area contributed by atoms with Gasteiger partial charge in [-0.25, -0.2) is 13.1 Å². The molecule has 1 unspecified atom stereocenters. The lowest BCUT2D eigenvalue weighted by Gasteiger charge is -2.12. The molecular formula is C7H14F3NO2S. The molecule has 1 N–H and O–H groups in total. The molecule has 0 bridgehead atoms. The summed E-state index contributed by atoms with van der Waals surface area (Å²) >= 11 is 0. The molecule has 0 aliphatic carbocycles. The minimum Gasteiger partial charge on any atom is -0.218 e. The van der Waals surface area contributed by atoms with Crippen molar-refractivity contribution in [3.63, 3.8) is 0 Å². The second kappa shape index (κ2) is 4.97. The van der Waals surface area contributed by atoms with Gasteiger partial charge in [0.25, 0.3) is 0 Å². The van der Waals surface area contributed by atoms with Crippen molar-refractivity contribution in [3.05, 3.63) is 0 Å². The predicted molar refractivity (Wildman–Crippen MR) is 47.3 cm³/mol. The summed E-state index contributed by atoms with van der Waals surface area (Å²) in [5.41, 5.74) is 0. The lowest BCUT2D eigenvalue weighted by Crippen LogP contribution is -2.29. The summed E-state index contributed by atoms with van der Waals surface area (Å²) in [6, 6.07) is 0. The third kappa shape index (κ3) is 5.43. The second-order valence-corrected chi connectivity index (χ2v) is 5.37. The monoisotopic (exact) mass is 233 g/mol. The summed E-state index contributed by atoms with van der Waals surface area (Å²) in [6.07, 6.45) is -5.28. The summed E-state index contributed by atoms with van der Waals surface area (Å²) < 4.78 is 59.4. The van der Waals surface area contributed by atoms with E-state index in [0.29, 0.717) is 0 Å². The Bertz CT molecular complexity index is 261. The molecule has 0 fully saturated rings. The van der Waals surface area contributed by atoms with Crippen LogP contribution < -0.4 is 4.72 Å². The van der Waals surface area contributed by atoms with Crippen molar-refractivity contribution in [1.82, 2.24) is 4.72 Å². The molecule has 14 heavy (non-hydrogen) atoms. The van der Waals surface area contributed by atoms with Crippen molar-refractivity contribution in [1.29, 1.82) is 0 Å². The molecule has 0 aromatic rings. The fourth-order valence-corrected chi connectivity index (χ4v) is 1.83. The van der Waals surface area contributed by atoms with E-state index in [-0.39, 0.29) is 12.8 Å². The van der Waals surface area contributed by atoms with E-state index in [1.807, 2.05) is 0 Å². The van der Waals surface area contributed by atoms with Gasteiger partial charge in [0.1, 0.15) is 0 Å². The molecule has 7 heteroatoms. The van der Waals surface area contributed by atoms with Gasteiger partial charge in [-0.05, 0) is 26.8 Å². The molecule has 0 rings (SSSR count). The summed E-state index contributed by atoms with van der Waals surface area (Å²) in [5, 5.41) is -0.783. The van der Waals surface area contributed by atoms with Gasteiger partial charge in [0, 0.05) is 6.42 Å². The molecule has 0 amide bonds. The Hall–Kier alpha value is -0.300. The maximum atomic E-state index is 11.7. The van der Waals surface area contributed by atoms with E-state index >= 15 is 0 Å². The quantitative estimate of drug-likeness (QED) is 0.785. The van der Waals surface area contributed by atoms with Gasteiger partial charge in [0.05, 0.1) is 5.25 Å². The first-order chi connectivity index (χ1) is 6.19. The van der Waals surface area contributed by atoms with Crippen LogP contribution in [0.5, 0.6) is 0 Å². The highest BCUT2D eigenvalue weighted by molar-refractivity contribution is 7.90. The van der Waals surface area contributed by atoms with Crippen molar-refractivity contribution < 1.29 is 21.6 Å². The van der Waals surface area contributed by atoms with E-state index in [9.17, 15) is 21.6 Å². The van der Waals surface area contributed by atoms with Crippen LogP contribution in [0.4, 0.5) is 13.2 Å². The van der Waals surface area contributed by atoms with E-state index in [0.717, 1.165) is 0 Å². The van der Waals surface area contributed by atoms with Gasteiger partial charge in [-0.1, -0.05) is 0 Å². The minimum atomic E-state index is -4.21. The zero-order valence-electron chi connectivity index (χ0n) is 8.06. The molecule has 86 valence electrons. The maximum Gasteiger partial charge on any atom is 0.389 e. The number of halogens is 3. The number of hydrogen-bond donors (Lipinski definition) is 1.